The van der Waals surface area contributed by atoms with Gasteiger partial charge < -0.3 is 9.15 Å². The van der Waals surface area contributed by atoms with Crippen molar-refractivity contribution in [2.75, 3.05) is 7.11 Å². The first-order valence-corrected chi connectivity index (χ1v) is 10.4. The maximum absolute atomic E-state index is 12.5. The van der Waals surface area contributed by atoms with Gasteiger partial charge in [0.05, 0.1) is 18.4 Å². The van der Waals surface area contributed by atoms with Crippen molar-refractivity contribution in [1.82, 2.24) is 4.98 Å². The predicted molar refractivity (Wildman–Crippen MR) is 119 cm³/mol. The molecule has 0 bridgehead atoms. The molecular weight excluding hydrogens is 398 g/mol. The summed E-state index contributed by atoms with van der Waals surface area (Å²) in [7, 11) is 1.54. The van der Waals surface area contributed by atoms with Crippen LogP contribution in [-0.2, 0) is 0 Å². The number of para-hydroxylation sites is 1. The van der Waals surface area contributed by atoms with Gasteiger partial charge in [0.1, 0.15) is 6.04 Å². The highest BCUT2D eigenvalue weighted by molar-refractivity contribution is 7.13. The molecule has 0 fully saturated rings. The second-order valence-electron chi connectivity index (χ2n) is 7.09. The molecule has 2 aromatic carbocycles. The second-order valence-corrected chi connectivity index (χ2v) is 7.93. The van der Waals surface area contributed by atoms with Crippen LogP contribution >= 0.6 is 11.3 Å². The van der Waals surface area contributed by atoms with Gasteiger partial charge in [-0.2, -0.15) is 5.11 Å². The number of hydrogen-bond acceptors (Lipinski definition) is 7. The van der Waals surface area contributed by atoms with E-state index in [9.17, 15) is 4.79 Å². The summed E-state index contributed by atoms with van der Waals surface area (Å²) < 4.78 is 10.7. The van der Waals surface area contributed by atoms with Crippen LogP contribution in [0.1, 0.15) is 29.7 Å². The van der Waals surface area contributed by atoms with E-state index in [0.717, 1.165) is 22.2 Å². The quantitative estimate of drug-likeness (QED) is 0.277. The first kappa shape index (κ1) is 20.0. The number of benzene rings is 2. The lowest BCUT2D eigenvalue weighted by Gasteiger charge is -2.07. The highest BCUT2D eigenvalue weighted by Gasteiger charge is 2.15. The number of rotatable bonds is 5. The summed E-state index contributed by atoms with van der Waals surface area (Å²) in [5.74, 6) is 0.521. The standard InChI is InChI=1S/C23H21N3O3S/c1-13-8-9-14(2)17(10-13)19-12-30-23(24-19)26-25-15(3)18-11-16-6-5-7-20(28-4)21(16)29-22(18)27/h5-12,15H,1-4H3. The summed E-state index contributed by atoms with van der Waals surface area (Å²) in [6, 6.07) is 13.1. The van der Waals surface area contributed by atoms with E-state index in [2.05, 4.69) is 47.3 Å². The average molecular weight is 420 g/mol. The van der Waals surface area contributed by atoms with Crippen molar-refractivity contribution >= 4 is 27.4 Å². The molecule has 6 nitrogen and oxygen atoms in total. The molecule has 152 valence electrons. The number of aromatic nitrogens is 1. The lowest BCUT2D eigenvalue weighted by atomic mass is 10.0. The van der Waals surface area contributed by atoms with E-state index in [1.54, 1.807) is 26.2 Å². The number of methoxy groups -OCH3 is 1. The maximum Gasteiger partial charge on any atom is 0.341 e. The summed E-state index contributed by atoms with van der Waals surface area (Å²) in [4.78, 5) is 17.1. The Morgan fingerprint density at radius 3 is 2.80 bits per heavy atom. The number of ether oxygens (including phenoxy) is 1. The van der Waals surface area contributed by atoms with E-state index in [4.69, 9.17) is 9.15 Å². The van der Waals surface area contributed by atoms with Crippen LogP contribution in [-0.4, -0.2) is 12.1 Å². The number of aryl methyl sites for hydroxylation is 2. The van der Waals surface area contributed by atoms with Crippen molar-refractivity contribution in [2.24, 2.45) is 10.2 Å². The maximum atomic E-state index is 12.5. The van der Waals surface area contributed by atoms with E-state index in [-0.39, 0.29) is 0 Å². The van der Waals surface area contributed by atoms with E-state index in [0.29, 0.717) is 22.0 Å². The van der Waals surface area contributed by atoms with Crippen molar-refractivity contribution < 1.29 is 9.15 Å². The number of hydrogen-bond donors (Lipinski definition) is 0. The summed E-state index contributed by atoms with van der Waals surface area (Å²) >= 11 is 1.42. The van der Waals surface area contributed by atoms with Crippen LogP contribution in [0.15, 0.2) is 67.3 Å². The molecule has 0 saturated carbocycles. The second kappa shape index (κ2) is 8.20. The van der Waals surface area contributed by atoms with Crippen molar-refractivity contribution in [3.05, 3.63) is 75.0 Å². The molecule has 4 rings (SSSR count). The van der Waals surface area contributed by atoms with Crippen molar-refractivity contribution in [3.63, 3.8) is 0 Å². The van der Waals surface area contributed by atoms with Gasteiger partial charge in [0.2, 0.25) is 5.13 Å². The first-order valence-electron chi connectivity index (χ1n) is 9.51. The lowest BCUT2D eigenvalue weighted by molar-refractivity contribution is 0.406. The van der Waals surface area contributed by atoms with Crippen LogP contribution < -0.4 is 10.4 Å². The molecular formula is C23H21N3O3S. The Morgan fingerprint density at radius 2 is 2.00 bits per heavy atom. The van der Waals surface area contributed by atoms with Gasteiger partial charge in [-0.05, 0) is 44.5 Å². The lowest BCUT2D eigenvalue weighted by Crippen LogP contribution is -2.09. The van der Waals surface area contributed by atoms with Crippen LogP contribution in [0.25, 0.3) is 22.2 Å². The van der Waals surface area contributed by atoms with Crippen LogP contribution in [0.5, 0.6) is 5.75 Å². The predicted octanol–water partition coefficient (Wildman–Crippen LogP) is 6.39. The van der Waals surface area contributed by atoms with Crippen LogP contribution in [0.3, 0.4) is 0 Å². The minimum Gasteiger partial charge on any atom is -0.493 e. The van der Waals surface area contributed by atoms with Gasteiger partial charge >= 0.3 is 5.63 Å². The van der Waals surface area contributed by atoms with Gasteiger partial charge in [0.15, 0.2) is 11.3 Å². The summed E-state index contributed by atoms with van der Waals surface area (Å²) in [5.41, 5.74) is 4.72. The molecule has 7 heteroatoms. The third-order valence-corrected chi connectivity index (χ3v) is 5.62. The van der Waals surface area contributed by atoms with Gasteiger partial charge in [-0.1, -0.05) is 29.8 Å². The zero-order valence-corrected chi connectivity index (χ0v) is 18.0. The molecule has 0 radical (unpaired) electrons. The van der Waals surface area contributed by atoms with Gasteiger partial charge in [-0.25, -0.2) is 9.78 Å². The monoisotopic (exact) mass is 419 g/mol. The minimum atomic E-state index is -0.468. The summed E-state index contributed by atoms with van der Waals surface area (Å²) in [6.07, 6.45) is 0. The molecule has 0 aliphatic heterocycles. The molecule has 0 amide bonds. The topological polar surface area (TPSA) is 77.1 Å². The van der Waals surface area contributed by atoms with E-state index in [1.165, 1.54) is 16.9 Å². The Balaban J connectivity index is 1.61. The molecule has 30 heavy (non-hydrogen) atoms. The zero-order valence-electron chi connectivity index (χ0n) is 17.2. The molecule has 1 unspecified atom stereocenters. The highest BCUT2D eigenvalue weighted by Crippen LogP contribution is 2.31. The van der Waals surface area contributed by atoms with E-state index >= 15 is 0 Å². The molecule has 0 N–H and O–H groups in total. The van der Waals surface area contributed by atoms with Crippen molar-refractivity contribution in [2.45, 2.75) is 26.8 Å². The van der Waals surface area contributed by atoms with Gasteiger partial charge in [-0.15, -0.1) is 16.5 Å². The van der Waals surface area contributed by atoms with Gasteiger partial charge in [0.25, 0.3) is 0 Å². The summed E-state index contributed by atoms with van der Waals surface area (Å²) in [5, 5.41) is 11.9. The fraction of sp³-hybridized carbons (Fsp3) is 0.217. The minimum absolute atomic E-state index is 0.427. The molecule has 2 heterocycles. The van der Waals surface area contributed by atoms with Crippen LogP contribution in [0.4, 0.5) is 5.13 Å². The molecule has 0 saturated heterocycles. The third-order valence-electron chi connectivity index (χ3n) is 4.90. The number of fused-ring (bicyclic) bond motifs is 1. The van der Waals surface area contributed by atoms with Crippen LogP contribution in [0, 0.1) is 13.8 Å². The number of thiazole rings is 1. The molecule has 1 atom stereocenters. The smallest absolute Gasteiger partial charge is 0.341 e. The average Bonchev–Trinajstić information content (AvgIpc) is 3.21. The number of nitrogens with zero attached hydrogens (tertiary/aromatic N) is 3. The third kappa shape index (κ3) is 3.89. The summed E-state index contributed by atoms with van der Waals surface area (Å²) in [6.45, 7) is 5.93. The van der Waals surface area contributed by atoms with Crippen LogP contribution in [0.2, 0.25) is 0 Å². The fourth-order valence-corrected chi connectivity index (χ4v) is 3.87. The Labute approximate surface area is 177 Å². The number of azo groups is 1. The Hall–Kier alpha value is -3.32. The van der Waals surface area contributed by atoms with E-state index in [1.807, 2.05) is 17.5 Å². The zero-order chi connectivity index (χ0) is 21.3. The molecule has 0 spiro atoms. The van der Waals surface area contributed by atoms with E-state index < -0.39 is 11.7 Å². The van der Waals surface area contributed by atoms with Gasteiger partial charge in [-0.3, -0.25) is 0 Å². The molecule has 0 aliphatic rings. The first-order chi connectivity index (χ1) is 14.5. The Morgan fingerprint density at radius 1 is 1.17 bits per heavy atom. The SMILES string of the molecule is COc1cccc2cc(C(C)N=Nc3nc(-c4cc(C)ccc4C)cs3)c(=O)oc12. The highest BCUT2D eigenvalue weighted by atomic mass is 32.1. The largest absolute Gasteiger partial charge is 0.493 e. The molecule has 0 aliphatic carbocycles. The van der Waals surface area contributed by atoms with Crippen molar-refractivity contribution in [1.29, 1.82) is 0 Å². The van der Waals surface area contributed by atoms with Gasteiger partial charge in [0, 0.05) is 16.3 Å². The normalized spacial score (nSPS) is 12.5. The Bertz CT molecular complexity index is 1310. The molecule has 2 aromatic heterocycles. The fourth-order valence-electron chi connectivity index (χ4n) is 3.23. The molecule has 4 aromatic rings. The van der Waals surface area contributed by atoms with Crippen molar-refractivity contribution in [3.8, 4) is 17.0 Å². The Kier molecular flexibility index (Phi) is 5.46.